The number of likely N-dealkylation sites (tertiary alicyclic amines) is 1. The van der Waals surface area contributed by atoms with Crippen LogP contribution in [0.15, 0.2) is 18.2 Å². The lowest BCUT2D eigenvalue weighted by atomic mass is 10.0. The van der Waals surface area contributed by atoms with Gasteiger partial charge in [0, 0.05) is 31.7 Å². The van der Waals surface area contributed by atoms with Gasteiger partial charge in [0.05, 0.1) is 5.56 Å². The monoisotopic (exact) mass is 377 g/mol. The van der Waals surface area contributed by atoms with Crippen LogP contribution in [-0.4, -0.2) is 60.8 Å². The number of hydrogen-bond acceptors (Lipinski definition) is 5. The summed E-state index contributed by atoms with van der Waals surface area (Å²) in [4.78, 5) is 16.1. The molecule has 1 aliphatic heterocycles. The number of amides is 1. The van der Waals surface area contributed by atoms with Crippen molar-refractivity contribution in [2.75, 3.05) is 33.3 Å². The Bertz CT molecular complexity index is 689. The van der Waals surface area contributed by atoms with Crippen molar-refractivity contribution in [1.29, 1.82) is 5.26 Å². The Kier molecular flexibility index (Phi) is 7.03. The average Bonchev–Trinajstić information content (AvgIpc) is 2.60. The molecule has 1 heterocycles. The number of benzene rings is 1. The zero-order valence-electron chi connectivity index (χ0n) is 16.5. The standard InChI is InChI=1S/C20H28FN3O3/c1-20(2,3)27-19(25)24-9-7-16(8-10-24)23(4)11-12-26-17-6-5-15(14-22)18(21)13-17/h5-6,13,16H,7-12H2,1-4H3. The van der Waals surface area contributed by atoms with E-state index in [2.05, 4.69) is 4.90 Å². The van der Waals surface area contributed by atoms with Gasteiger partial charge < -0.3 is 14.4 Å². The molecule has 1 aliphatic rings. The van der Waals surface area contributed by atoms with E-state index in [0.29, 0.717) is 38.0 Å². The molecule has 0 atom stereocenters. The Hall–Kier alpha value is -2.33. The molecule has 0 spiro atoms. The molecule has 0 unspecified atom stereocenters. The van der Waals surface area contributed by atoms with Gasteiger partial charge in [-0.1, -0.05) is 0 Å². The van der Waals surface area contributed by atoms with Crippen molar-refractivity contribution < 1.29 is 18.7 Å². The molecule has 1 amide bonds. The van der Waals surface area contributed by atoms with Crippen LogP contribution in [0.25, 0.3) is 0 Å². The summed E-state index contributed by atoms with van der Waals surface area (Å²) in [6.07, 6.45) is 1.50. The molecule has 0 saturated carbocycles. The van der Waals surface area contributed by atoms with Gasteiger partial charge >= 0.3 is 6.09 Å². The third-order valence-electron chi connectivity index (χ3n) is 4.51. The summed E-state index contributed by atoms with van der Waals surface area (Å²) < 4.78 is 24.6. The molecule has 148 valence electrons. The minimum Gasteiger partial charge on any atom is -0.492 e. The van der Waals surface area contributed by atoms with Crippen molar-refractivity contribution in [3.05, 3.63) is 29.6 Å². The van der Waals surface area contributed by atoms with Crippen molar-refractivity contribution in [2.24, 2.45) is 0 Å². The number of hydrogen-bond donors (Lipinski definition) is 0. The Labute approximate surface area is 160 Å². The van der Waals surface area contributed by atoms with Crippen molar-refractivity contribution in [3.63, 3.8) is 0 Å². The van der Waals surface area contributed by atoms with Crippen LogP contribution in [0.3, 0.4) is 0 Å². The van der Waals surface area contributed by atoms with Gasteiger partial charge in [0.15, 0.2) is 0 Å². The second-order valence-electron chi connectivity index (χ2n) is 7.78. The molecular formula is C20H28FN3O3. The zero-order chi connectivity index (χ0) is 20.0. The summed E-state index contributed by atoms with van der Waals surface area (Å²) in [5.41, 5.74) is -0.469. The van der Waals surface area contributed by atoms with Crippen LogP contribution in [0, 0.1) is 17.1 Å². The van der Waals surface area contributed by atoms with Gasteiger partial charge in [-0.2, -0.15) is 5.26 Å². The lowest BCUT2D eigenvalue weighted by Gasteiger charge is -2.37. The third-order valence-corrected chi connectivity index (χ3v) is 4.51. The minimum absolute atomic E-state index is 0.0104. The van der Waals surface area contributed by atoms with Crippen LogP contribution in [0.2, 0.25) is 0 Å². The number of nitriles is 1. The predicted octanol–water partition coefficient (Wildman–Crippen LogP) is 3.41. The summed E-state index contributed by atoms with van der Waals surface area (Å²) in [6.45, 7) is 8.06. The first kappa shape index (κ1) is 21.0. The smallest absolute Gasteiger partial charge is 0.410 e. The second kappa shape index (κ2) is 9.05. The summed E-state index contributed by atoms with van der Waals surface area (Å²) in [6, 6.07) is 6.40. The molecule has 1 saturated heterocycles. The fraction of sp³-hybridized carbons (Fsp3) is 0.600. The molecule has 1 fully saturated rings. The maximum atomic E-state index is 13.6. The van der Waals surface area contributed by atoms with Gasteiger partial charge in [-0.3, -0.25) is 4.90 Å². The number of likely N-dealkylation sites (N-methyl/N-ethyl adjacent to an activating group) is 1. The fourth-order valence-corrected chi connectivity index (χ4v) is 2.98. The highest BCUT2D eigenvalue weighted by Gasteiger charge is 2.28. The minimum atomic E-state index is -0.571. The summed E-state index contributed by atoms with van der Waals surface area (Å²) in [7, 11) is 2.02. The maximum Gasteiger partial charge on any atom is 0.410 e. The van der Waals surface area contributed by atoms with Gasteiger partial charge in [-0.05, 0) is 52.8 Å². The largest absolute Gasteiger partial charge is 0.492 e. The Balaban J connectivity index is 1.73. The van der Waals surface area contributed by atoms with E-state index in [1.165, 1.54) is 12.1 Å². The van der Waals surface area contributed by atoms with Gasteiger partial charge in [-0.25, -0.2) is 9.18 Å². The second-order valence-corrected chi connectivity index (χ2v) is 7.78. The number of carbonyl (C=O) groups excluding carboxylic acids is 1. The molecule has 0 bridgehead atoms. The summed E-state index contributed by atoms with van der Waals surface area (Å²) >= 11 is 0. The van der Waals surface area contributed by atoms with E-state index < -0.39 is 11.4 Å². The molecule has 1 aromatic rings. The predicted molar refractivity (Wildman–Crippen MR) is 100 cm³/mol. The number of piperidine rings is 1. The highest BCUT2D eigenvalue weighted by Crippen LogP contribution is 2.19. The van der Waals surface area contributed by atoms with Gasteiger partial charge in [0.2, 0.25) is 0 Å². The quantitative estimate of drug-likeness (QED) is 0.787. The number of halogens is 1. The van der Waals surface area contributed by atoms with E-state index >= 15 is 0 Å². The first-order chi connectivity index (χ1) is 12.7. The highest BCUT2D eigenvalue weighted by atomic mass is 19.1. The van der Waals surface area contributed by atoms with E-state index in [1.807, 2.05) is 27.8 Å². The molecule has 7 heteroatoms. The third kappa shape index (κ3) is 6.40. The summed E-state index contributed by atoms with van der Waals surface area (Å²) in [5, 5.41) is 8.74. The molecule has 0 aromatic heterocycles. The van der Waals surface area contributed by atoms with Gasteiger partial charge in [0.1, 0.15) is 29.8 Å². The average molecular weight is 377 g/mol. The molecule has 0 aliphatic carbocycles. The number of carbonyl (C=O) groups is 1. The first-order valence-corrected chi connectivity index (χ1v) is 9.20. The Morgan fingerprint density at radius 3 is 2.59 bits per heavy atom. The molecular weight excluding hydrogens is 349 g/mol. The molecule has 0 radical (unpaired) electrons. The molecule has 2 rings (SSSR count). The normalized spacial score (nSPS) is 15.5. The topological polar surface area (TPSA) is 65.8 Å². The zero-order valence-corrected chi connectivity index (χ0v) is 16.5. The van der Waals surface area contributed by atoms with Crippen molar-refractivity contribution in [1.82, 2.24) is 9.80 Å². The maximum absolute atomic E-state index is 13.6. The van der Waals surface area contributed by atoms with Crippen LogP contribution < -0.4 is 4.74 Å². The van der Waals surface area contributed by atoms with E-state index in [1.54, 1.807) is 17.0 Å². The van der Waals surface area contributed by atoms with E-state index in [0.717, 1.165) is 12.8 Å². The SMILES string of the molecule is CN(CCOc1ccc(C#N)c(F)c1)C1CCN(C(=O)OC(C)(C)C)CC1. The Morgan fingerprint density at radius 2 is 2.04 bits per heavy atom. The van der Waals surface area contributed by atoms with Crippen LogP contribution in [0.5, 0.6) is 5.75 Å². The molecule has 1 aromatic carbocycles. The van der Waals surface area contributed by atoms with E-state index in [9.17, 15) is 9.18 Å². The highest BCUT2D eigenvalue weighted by molar-refractivity contribution is 5.68. The van der Waals surface area contributed by atoms with Crippen molar-refractivity contribution in [3.8, 4) is 11.8 Å². The number of rotatable bonds is 5. The number of nitrogens with zero attached hydrogens (tertiary/aromatic N) is 3. The van der Waals surface area contributed by atoms with E-state index in [-0.39, 0.29) is 11.7 Å². The van der Waals surface area contributed by atoms with Crippen LogP contribution in [0.1, 0.15) is 39.2 Å². The lowest BCUT2D eigenvalue weighted by Crippen LogP contribution is -2.47. The van der Waals surface area contributed by atoms with E-state index in [4.69, 9.17) is 14.7 Å². The van der Waals surface area contributed by atoms with Gasteiger partial charge in [-0.15, -0.1) is 0 Å². The van der Waals surface area contributed by atoms with Gasteiger partial charge in [0.25, 0.3) is 0 Å². The van der Waals surface area contributed by atoms with Crippen molar-refractivity contribution in [2.45, 2.75) is 45.3 Å². The first-order valence-electron chi connectivity index (χ1n) is 9.20. The summed E-state index contributed by atoms with van der Waals surface area (Å²) in [5.74, 6) is -0.155. The molecule has 0 N–H and O–H groups in total. The fourth-order valence-electron chi connectivity index (χ4n) is 2.98. The number of ether oxygens (including phenoxy) is 2. The van der Waals surface area contributed by atoms with Crippen LogP contribution >= 0.6 is 0 Å². The Morgan fingerprint density at radius 1 is 1.37 bits per heavy atom. The van der Waals surface area contributed by atoms with Crippen LogP contribution in [-0.2, 0) is 4.74 Å². The molecule has 27 heavy (non-hydrogen) atoms. The van der Waals surface area contributed by atoms with Crippen LogP contribution in [0.4, 0.5) is 9.18 Å². The van der Waals surface area contributed by atoms with Crippen molar-refractivity contribution >= 4 is 6.09 Å². The molecule has 6 nitrogen and oxygen atoms in total. The lowest BCUT2D eigenvalue weighted by molar-refractivity contribution is 0.0151.